The predicted molar refractivity (Wildman–Crippen MR) is 101 cm³/mol. The smallest absolute Gasteiger partial charge is 0.242 e. The molecule has 5 nitrogen and oxygen atoms in total. The number of aromatic nitrogens is 3. The van der Waals surface area contributed by atoms with Gasteiger partial charge in [0.25, 0.3) is 0 Å². The van der Waals surface area contributed by atoms with Gasteiger partial charge in [-0.2, -0.15) is 0 Å². The number of benzene rings is 1. The monoisotopic (exact) mass is 355 g/mol. The highest BCUT2D eigenvalue weighted by Gasteiger charge is 2.10. The van der Waals surface area contributed by atoms with Gasteiger partial charge in [0.05, 0.1) is 22.0 Å². The third-order valence-electron chi connectivity index (χ3n) is 3.64. The fourth-order valence-electron chi connectivity index (χ4n) is 2.37. The van der Waals surface area contributed by atoms with Crippen molar-refractivity contribution in [3.8, 4) is 11.6 Å². The van der Waals surface area contributed by atoms with Gasteiger partial charge in [0, 0.05) is 18.2 Å². The summed E-state index contributed by atoms with van der Waals surface area (Å²) in [5.74, 6) is 0.533. The molecule has 0 saturated heterocycles. The summed E-state index contributed by atoms with van der Waals surface area (Å²) in [5, 5.41) is 5.67. The molecule has 0 radical (unpaired) electrons. The molecule has 0 unspecified atom stereocenters. The number of aryl methyl sites for hydroxylation is 2. The number of para-hydroxylation sites is 1. The van der Waals surface area contributed by atoms with Crippen LogP contribution in [0.3, 0.4) is 0 Å². The topological polar surface area (TPSA) is 49.2 Å². The Balaban J connectivity index is 1.91. The van der Waals surface area contributed by atoms with Crippen LogP contribution < -0.4 is 4.74 Å². The second-order valence-corrected chi connectivity index (χ2v) is 6.74. The second kappa shape index (κ2) is 8.09. The molecule has 3 aromatic rings. The molecule has 6 heteroatoms. The van der Waals surface area contributed by atoms with Crippen molar-refractivity contribution in [2.75, 3.05) is 13.9 Å². The third-order valence-corrected chi connectivity index (χ3v) is 4.77. The average Bonchev–Trinajstić information content (AvgIpc) is 3.22. The summed E-state index contributed by atoms with van der Waals surface area (Å²) in [6.45, 7) is 4.36. The van der Waals surface area contributed by atoms with Crippen LogP contribution in [-0.2, 0) is 11.2 Å². The lowest BCUT2D eigenvalue weighted by atomic mass is 10.2. The zero-order valence-corrected chi connectivity index (χ0v) is 15.4. The molecule has 25 heavy (non-hydrogen) atoms. The maximum atomic E-state index is 5.61. The number of rotatable bonds is 7. The van der Waals surface area contributed by atoms with Crippen molar-refractivity contribution in [1.82, 2.24) is 14.8 Å². The van der Waals surface area contributed by atoms with Crippen molar-refractivity contribution in [2.45, 2.75) is 20.3 Å². The Morgan fingerprint density at radius 1 is 1.20 bits per heavy atom. The van der Waals surface area contributed by atoms with Gasteiger partial charge in [-0.05, 0) is 37.6 Å². The van der Waals surface area contributed by atoms with E-state index in [1.54, 1.807) is 23.1 Å². The Morgan fingerprint density at radius 2 is 2.00 bits per heavy atom. The van der Waals surface area contributed by atoms with E-state index in [-0.39, 0.29) is 6.79 Å². The molecule has 0 bridgehead atoms. The van der Waals surface area contributed by atoms with Gasteiger partial charge >= 0.3 is 0 Å². The molecule has 0 aliphatic carbocycles. The van der Waals surface area contributed by atoms with Crippen LogP contribution in [0.5, 0.6) is 5.88 Å². The molecule has 2 aromatic heterocycles. The molecular weight excluding hydrogens is 334 g/mol. The molecule has 0 saturated carbocycles. The Kier molecular flexibility index (Phi) is 5.63. The molecule has 3 rings (SSSR count). The van der Waals surface area contributed by atoms with Crippen LogP contribution in [0.1, 0.15) is 28.1 Å². The van der Waals surface area contributed by atoms with Gasteiger partial charge in [-0.3, -0.25) is 0 Å². The van der Waals surface area contributed by atoms with E-state index in [0.717, 1.165) is 28.4 Å². The van der Waals surface area contributed by atoms with Gasteiger partial charge in [-0.15, -0.1) is 16.4 Å². The van der Waals surface area contributed by atoms with Crippen LogP contribution in [0.25, 0.3) is 17.8 Å². The molecule has 130 valence electrons. The molecule has 0 spiro atoms. The Morgan fingerprint density at radius 3 is 2.68 bits per heavy atom. The number of thiazole rings is 1. The zero-order chi connectivity index (χ0) is 17.6. The summed E-state index contributed by atoms with van der Waals surface area (Å²) >= 11 is 1.74. The summed E-state index contributed by atoms with van der Waals surface area (Å²) < 4.78 is 12.4. The van der Waals surface area contributed by atoms with E-state index in [2.05, 4.69) is 23.9 Å². The molecule has 0 atom stereocenters. The Labute approximate surface area is 151 Å². The summed E-state index contributed by atoms with van der Waals surface area (Å²) in [7, 11) is 1.59. The summed E-state index contributed by atoms with van der Waals surface area (Å²) in [4.78, 5) is 5.85. The van der Waals surface area contributed by atoms with Crippen LogP contribution in [-0.4, -0.2) is 28.7 Å². The quantitative estimate of drug-likeness (QED) is 0.591. The Hall–Kier alpha value is -2.44. The minimum absolute atomic E-state index is 0.155. The van der Waals surface area contributed by atoms with Crippen molar-refractivity contribution in [3.05, 3.63) is 57.7 Å². The number of ether oxygens (including phenoxy) is 2. The Bertz CT molecular complexity index is 853. The van der Waals surface area contributed by atoms with Gasteiger partial charge in [0.2, 0.25) is 5.88 Å². The maximum absolute atomic E-state index is 5.61. The van der Waals surface area contributed by atoms with Crippen molar-refractivity contribution >= 4 is 23.5 Å². The van der Waals surface area contributed by atoms with Crippen molar-refractivity contribution in [1.29, 1.82) is 0 Å². The van der Waals surface area contributed by atoms with Crippen LogP contribution >= 0.6 is 11.3 Å². The van der Waals surface area contributed by atoms with E-state index in [1.165, 1.54) is 4.88 Å². The van der Waals surface area contributed by atoms with Crippen LogP contribution in [0.2, 0.25) is 0 Å². The standard InChI is InChI=1S/C19H21N3O2S/c1-4-18-20-17(14(2)25-18)11-10-15-12-22(16-8-6-5-7-9-16)21-19(15)24-13-23-3/h5-12H,4,13H2,1-3H3. The molecule has 0 N–H and O–H groups in total. The molecular formula is C19H21N3O2S. The highest BCUT2D eigenvalue weighted by molar-refractivity contribution is 7.11. The first-order valence-electron chi connectivity index (χ1n) is 8.12. The number of hydrogen-bond donors (Lipinski definition) is 0. The number of hydrogen-bond acceptors (Lipinski definition) is 5. The predicted octanol–water partition coefficient (Wildman–Crippen LogP) is 4.35. The van der Waals surface area contributed by atoms with Gasteiger partial charge in [0.1, 0.15) is 0 Å². The third kappa shape index (κ3) is 4.15. The number of nitrogens with zero attached hydrogens (tertiary/aromatic N) is 3. The van der Waals surface area contributed by atoms with E-state index in [4.69, 9.17) is 9.47 Å². The van der Waals surface area contributed by atoms with Crippen molar-refractivity contribution in [3.63, 3.8) is 0 Å². The highest BCUT2D eigenvalue weighted by Crippen LogP contribution is 2.24. The van der Waals surface area contributed by atoms with Gasteiger partial charge < -0.3 is 9.47 Å². The first kappa shape index (κ1) is 17.4. The molecule has 0 fully saturated rings. The van der Waals surface area contributed by atoms with Gasteiger partial charge in [-0.1, -0.05) is 25.1 Å². The molecule has 1 aromatic carbocycles. The van der Waals surface area contributed by atoms with Crippen LogP contribution in [0.15, 0.2) is 36.5 Å². The van der Waals surface area contributed by atoms with Crippen molar-refractivity contribution < 1.29 is 9.47 Å². The maximum Gasteiger partial charge on any atom is 0.242 e. The van der Waals surface area contributed by atoms with E-state index in [0.29, 0.717) is 5.88 Å². The largest absolute Gasteiger partial charge is 0.449 e. The lowest BCUT2D eigenvalue weighted by Crippen LogP contribution is -2.01. The van der Waals surface area contributed by atoms with Crippen molar-refractivity contribution in [2.24, 2.45) is 0 Å². The first-order valence-corrected chi connectivity index (χ1v) is 8.94. The second-order valence-electron chi connectivity index (χ2n) is 5.46. The summed E-state index contributed by atoms with van der Waals surface area (Å²) in [6, 6.07) is 9.93. The van der Waals surface area contributed by atoms with Crippen LogP contribution in [0.4, 0.5) is 0 Å². The van der Waals surface area contributed by atoms with E-state index in [1.807, 2.05) is 48.7 Å². The molecule has 2 heterocycles. The molecule has 0 amide bonds. The lowest BCUT2D eigenvalue weighted by Gasteiger charge is -2.01. The summed E-state index contributed by atoms with van der Waals surface area (Å²) in [6.07, 6.45) is 6.89. The molecule has 0 aliphatic rings. The first-order chi connectivity index (χ1) is 12.2. The summed E-state index contributed by atoms with van der Waals surface area (Å²) in [5.41, 5.74) is 2.85. The van der Waals surface area contributed by atoms with Crippen LogP contribution in [0, 0.1) is 6.92 Å². The number of methoxy groups -OCH3 is 1. The minimum atomic E-state index is 0.155. The van der Waals surface area contributed by atoms with Gasteiger partial charge in [-0.25, -0.2) is 9.67 Å². The highest BCUT2D eigenvalue weighted by atomic mass is 32.1. The van der Waals surface area contributed by atoms with E-state index < -0.39 is 0 Å². The SMILES string of the molecule is CCc1nc(C=Cc2cn(-c3ccccc3)nc2OCOC)c(C)s1. The van der Waals surface area contributed by atoms with Gasteiger partial charge in [0.15, 0.2) is 6.79 Å². The fourth-order valence-corrected chi connectivity index (χ4v) is 3.23. The fraction of sp³-hybridized carbons (Fsp3) is 0.263. The lowest BCUT2D eigenvalue weighted by molar-refractivity contribution is 0.0474. The molecule has 0 aliphatic heterocycles. The van der Waals surface area contributed by atoms with E-state index >= 15 is 0 Å². The zero-order valence-electron chi connectivity index (χ0n) is 14.6. The minimum Gasteiger partial charge on any atom is -0.449 e. The average molecular weight is 355 g/mol. The normalized spacial score (nSPS) is 11.3. The van der Waals surface area contributed by atoms with E-state index in [9.17, 15) is 0 Å².